The van der Waals surface area contributed by atoms with E-state index in [1.165, 1.54) is 0 Å². The van der Waals surface area contributed by atoms with Crippen molar-refractivity contribution in [1.82, 2.24) is 0 Å². The molecule has 0 fully saturated rings. The molecule has 2 rings (SSSR count). The molecule has 0 aliphatic carbocycles. The first-order valence-electron chi connectivity index (χ1n) is 4.66. The summed E-state index contributed by atoms with van der Waals surface area (Å²) in [5.41, 5.74) is 1.68. The first kappa shape index (κ1) is 10.2. The van der Waals surface area contributed by atoms with Crippen molar-refractivity contribution in [3.05, 3.63) is 52.0 Å². The van der Waals surface area contributed by atoms with E-state index in [2.05, 4.69) is 0 Å². The molecule has 0 spiro atoms. The molecule has 0 bridgehead atoms. The highest BCUT2D eigenvalue weighted by atomic mass is 32.1. The SMILES string of the molecule is Cc1cccc(OCc2ccsc2)c1F. The molecule has 15 heavy (non-hydrogen) atoms. The third-order valence-corrected chi connectivity index (χ3v) is 2.86. The van der Waals surface area contributed by atoms with Crippen LogP contribution in [0.4, 0.5) is 4.39 Å². The minimum Gasteiger partial charge on any atom is -0.486 e. The molecule has 78 valence electrons. The maximum absolute atomic E-state index is 13.5. The largest absolute Gasteiger partial charge is 0.486 e. The zero-order valence-electron chi connectivity index (χ0n) is 8.37. The van der Waals surface area contributed by atoms with Gasteiger partial charge in [-0.1, -0.05) is 12.1 Å². The van der Waals surface area contributed by atoms with Crippen molar-refractivity contribution in [2.75, 3.05) is 0 Å². The molecule has 1 aromatic heterocycles. The van der Waals surface area contributed by atoms with E-state index in [9.17, 15) is 4.39 Å². The van der Waals surface area contributed by atoms with Crippen molar-refractivity contribution < 1.29 is 9.13 Å². The van der Waals surface area contributed by atoms with Crippen LogP contribution >= 0.6 is 11.3 Å². The second-order valence-electron chi connectivity index (χ2n) is 3.31. The summed E-state index contributed by atoms with van der Waals surface area (Å²) in [7, 11) is 0. The molecule has 1 nitrogen and oxygen atoms in total. The number of hydrogen-bond acceptors (Lipinski definition) is 2. The Labute approximate surface area is 92.1 Å². The van der Waals surface area contributed by atoms with E-state index in [0.717, 1.165) is 5.56 Å². The summed E-state index contributed by atoms with van der Waals surface area (Å²) in [6.07, 6.45) is 0. The Morgan fingerprint density at radius 2 is 2.20 bits per heavy atom. The fourth-order valence-corrected chi connectivity index (χ4v) is 1.92. The number of rotatable bonds is 3. The summed E-state index contributed by atoms with van der Waals surface area (Å²) in [5, 5.41) is 3.97. The standard InChI is InChI=1S/C12H11FOS/c1-9-3-2-4-11(12(9)13)14-7-10-5-6-15-8-10/h2-6,8H,7H2,1H3. The van der Waals surface area contributed by atoms with Crippen LogP contribution < -0.4 is 4.74 Å². The van der Waals surface area contributed by atoms with Crippen molar-refractivity contribution in [1.29, 1.82) is 0 Å². The zero-order chi connectivity index (χ0) is 10.7. The molecular formula is C12H11FOS. The van der Waals surface area contributed by atoms with E-state index in [4.69, 9.17) is 4.74 Å². The summed E-state index contributed by atoms with van der Waals surface area (Å²) in [6, 6.07) is 7.14. The van der Waals surface area contributed by atoms with Gasteiger partial charge >= 0.3 is 0 Å². The fraction of sp³-hybridized carbons (Fsp3) is 0.167. The Morgan fingerprint density at radius 3 is 2.93 bits per heavy atom. The fourth-order valence-electron chi connectivity index (χ4n) is 1.27. The molecule has 0 saturated carbocycles. The van der Waals surface area contributed by atoms with E-state index in [1.54, 1.807) is 36.5 Å². The van der Waals surface area contributed by atoms with Gasteiger partial charge < -0.3 is 4.74 Å². The molecule has 1 aromatic carbocycles. The minimum absolute atomic E-state index is 0.271. The van der Waals surface area contributed by atoms with Gasteiger partial charge in [0.25, 0.3) is 0 Å². The highest BCUT2D eigenvalue weighted by molar-refractivity contribution is 7.07. The van der Waals surface area contributed by atoms with Gasteiger partial charge in [0.1, 0.15) is 6.61 Å². The maximum Gasteiger partial charge on any atom is 0.167 e. The summed E-state index contributed by atoms with van der Waals surface area (Å²) >= 11 is 1.61. The van der Waals surface area contributed by atoms with E-state index in [-0.39, 0.29) is 5.82 Å². The smallest absolute Gasteiger partial charge is 0.167 e. The predicted molar refractivity (Wildman–Crippen MR) is 59.8 cm³/mol. The Hall–Kier alpha value is -1.35. The molecule has 0 N–H and O–H groups in total. The lowest BCUT2D eigenvalue weighted by molar-refractivity contribution is 0.290. The van der Waals surface area contributed by atoms with Gasteiger partial charge in [-0.3, -0.25) is 0 Å². The zero-order valence-corrected chi connectivity index (χ0v) is 9.18. The number of aryl methyl sites for hydroxylation is 1. The molecule has 1 heterocycles. The predicted octanol–water partition coefficient (Wildman–Crippen LogP) is 3.77. The number of thiophene rings is 1. The average Bonchev–Trinajstić information content (AvgIpc) is 2.73. The molecule has 0 amide bonds. The van der Waals surface area contributed by atoms with Crippen LogP contribution in [-0.4, -0.2) is 0 Å². The van der Waals surface area contributed by atoms with Gasteiger partial charge in [0.05, 0.1) is 0 Å². The van der Waals surface area contributed by atoms with Crippen molar-refractivity contribution in [2.45, 2.75) is 13.5 Å². The highest BCUT2D eigenvalue weighted by Gasteiger charge is 2.05. The van der Waals surface area contributed by atoms with Gasteiger partial charge in [-0.25, -0.2) is 4.39 Å². The van der Waals surface area contributed by atoms with Crippen LogP contribution in [0.1, 0.15) is 11.1 Å². The second kappa shape index (κ2) is 4.45. The maximum atomic E-state index is 13.5. The monoisotopic (exact) mass is 222 g/mol. The van der Waals surface area contributed by atoms with E-state index < -0.39 is 0 Å². The van der Waals surface area contributed by atoms with Crippen molar-refractivity contribution in [2.24, 2.45) is 0 Å². The van der Waals surface area contributed by atoms with Crippen LogP contribution in [0.5, 0.6) is 5.75 Å². The van der Waals surface area contributed by atoms with Gasteiger partial charge in [-0.05, 0) is 40.9 Å². The van der Waals surface area contributed by atoms with Crippen LogP contribution in [0, 0.1) is 12.7 Å². The van der Waals surface area contributed by atoms with Crippen LogP contribution in [0.15, 0.2) is 35.0 Å². The Balaban J connectivity index is 2.08. The normalized spacial score (nSPS) is 10.3. The summed E-state index contributed by atoms with van der Waals surface area (Å²) in [6.45, 7) is 2.15. The van der Waals surface area contributed by atoms with Gasteiger partial charge in [-0.15, -0.1) is 0 Å². The average molecular weight is 222 g/mol. The number of halogens is 1. The summed E-state index contributed by atoms with van der Waals surface area (Å²) in [5.74, 6) is 0.0499. The van der Waals surface area contributed by atoms with E-state index in [1.807, 2.05) is 16.8 Å². The topological polar surface area (TPSA) is 9.23 Å². The molecule has 0 unspecified atom stereocenters. The van der Waals surface area contributed by atoms with Gasteiger partial charge in [0, 0.05) is 0 Å². The molecule has 0 aliphatic heterocycles. The summed E-state index contributed by atoms with van der Waals surface area (Å²) in [4.78, 5) is 0. The molecule has 0 aliphatic rings. The minimum atomic E-state index is -0.271. The van der Waals surface area contributed by atoms with Crippen LogP contribution in [0.25, 0.3) is 0 Å². The Kier molecular flexibility index (Phi) is 3.02. The van der Waals surface area contributed by atoms with Crippen LogP contribution in [0.3, 0.4) is 0 Å². The Morgan fingerprint density at radius 1 is 1.33 bits per heavy atom. The molecular weight excluding hydrogens is 211 g/mol. The first-order valence-corrected chi connectivity index (χ1v) is 5.60. The lowest BCUT2D eigenvalue weighted by Crippen LogP contribution is -1.97. The van der Waals surface area contributed by atoms with Gasteiger partial charge in [0.2, 0.25) is 0 Å². The number of benzene rings is 1. The van der Waals surface area contributed by atoms with Crippen LogP contribution in [0.2, 0.25) is 0 Å². The Bertz CT molecular complexity index is 437. The molecule has 2 aromatic rings. The van der Waals surface area contributed by atoms with Crippen molar-refractivity contribution >= 4 is 11.3 Å². The number of hydrogen-bond donors (Lipinski definition) is 0. The van der Waals surface area contributed by atoms with Crippen molar-refractivity contribution in [3.63, 3.8) is 0 Å². The van der Waals surface area contributed by atoms with Gasteiger partial charge in [-0.2, -0.15) is 11.3 Å². The van der Waals surface area contributed by atoms with Gasteiger partial charge in [0.15, 0.2) is 11.6 Å². The highest BCUT2D eigenvalue weighted by Crippen LogP contribution is 2.21. The quantitative estimate of drug-likeness (QED) is 0.768. The van der Waals surface area contributed by atoms with Crippen molar-refractivity contribution in [3.8, 4) is 5.75 Å². The van der Waals surface area contributed by atoms with E-state index in [0.29, 0.717) is 17.9 Å². The third-order valence-electron chi connectivity index (χ3n) is 2.13. The summed E-state index contributed by atoms with van der Waals surface area (Å²) < 4.78 is 18.9. The lowest BCUT2D eigenvalue weighted by Gasteiger charge is -2.07. The number of ether oxygens (including phenoxy) is 1. The molecule has 3 heteroatoms. The molecule has 0 saturated heterocycles. The molecule has 0 radical (unpaired) electrons. The van der Waals surface area contributed by atoms with E-state index >= 15 is 0 Å². The third kappa shape index (κ3) is 2.36. The second-order valence-corrected chi connectivity index (χ2v) is 4.09. The lowest BCUT2D eigenvalue weighted by atomic mass is 10.2. The first-order chi connectivity index (χ1) is 7.27. The molecule has 0 atom stereocenters. The van der Waals surface area contributed by atoms with Crippen LogP contribution in [-0.2, 0) is 6.61 Å².